The van der Waals surface area contributed by atoms with E-state index in [0.717, 1.165) is 23.7 Å². The first-order valence-corrected chi connectivity index (χ1v) is 14.2. The third kappa shape index (κ3) is 5.33. The maximum atomic E-state index is 13.2. The van der Waals surface area contributed by atoms with Crippen molar-refractivity contribution >= 4 is 75.0 Å². The SMILES string of the molecule is Nc1nc(C(=NOc2ccc(F)cc2)C(=O)NC2C(=O)N3C(C(=O)O)=C(CSc4nncs4)CS[C@@H]23)ns1. The van der Waals surface area contributed by atoms with Crippen LogP contribution >= 0.6 is 46.4 Å². The monoisotopic (exact) mass is 594 g/mol. The maximum absolute atomic E-state index is 13.2. The third-order valence-corrected chi connectivity index (χ3v) is 9.00. The number of fused-ring (bicyclic) bond motifs is 1. The largest absolute Gasteiger partial charge is 0.477 e. The van der Waals surface area contributed by atoms with E-state index in [1.807, 2.05) is 0 Å². The van der Waals surface area contributed by atoms with Crippen molar-refractivity contribution in [2.24, 2.45) is 5.16 Å². The number of nitrogens with two attached hydrogens (primary N) is 1. The summed E-state index contributed by atoms with van der Waals surface area (Å²) in [6, 6.07) is 3.90. The van der Waals surface area contributed by atoms with Crippen LogP contribution in [0.3, 0.4) is 0 Å². The molecule has 2 aliphatic rings. The molecule has 0 bridgehead atoms. The van der Waals surface area contributed by atoms with Crippen molar-refractivity contribution in [3.63, 3.8) is 0 Å². The summed E-state index contributed by atoms with van der Waals surface area (Å²) in [5.41, 5.74) is 7.31. The van der Waals surface area contributed by atoms with Crippen LogP contribution in [-0.4, -0.2) is 76.0 Å². The van der Waals surface area contributed by atoms with Crippen molar-refractivity contribution in [2.75, 3.05) is 17.2 Å². The van der Waals surface area contributed by atoms with Gasteiger partial charge in [0.15, 0.2) is 15.2 Å². The highest BCUT2D eigenvalue weighted by atomic mass is 32.2. The lowest BCUT2D eigenvalue weighted by atomic mass is 10.0. The van der Waals surface area contributed by atoms with Crippen LogP contribution in [0.25, 0.3) is 0 Å². The van der Waals surface area contributed by atoms with Gasteiger partial charge in [0.2, 0.25) is 11.5 Å². The number of rotatable bonds is 9. The number of amides is 2. The zero-order valence-corrected chi connectivity index (χ0v) is 22.1. The van der Waals surface area contributed by atoms with Crippen molar-refractivity contribution in [2.45, 2.75) is 15.8 Å². The Balaban J connectivity index is 1.32. The van der Waals surface area contributed by atoms with Gasteiger partial charge < -0.3 is 21.0 Å². The van der Waals surface area contributed by atoms with E-state index in [-0.39, 0.29) is 28.1 Å². The summed E-state index contributed by atoms with van der Waals surface area (Å²) >= 11 is 4.81. The summed E-state index contributed by atoms with van der Waals surface area (Å²) < 4.78 is 17.8. The van der Waals surface area contributed by atoms with Crippen LogP contribution in [0.1, 0.15) is 5.82 Å². The Bertz CT molecular complexity index is 1450. The Labute approximate surface area is 229 Å². The van der Waals surface area contributed by atoms with E-state index in [9.17, 15) is 23.9 Å². The number of anilines is 1. The molecule has 1 fully saturated rings. The summed E-state index contributed by atoms with van der Waals surface area (Å²) in [6.45, 7) is 0. The van der Waals surface area contributed by atoms with E-state index in [1.165, 1.54) is 51.9 Å². The third-order valence-electron chi connectivity index (χ3n) is 5.17. The van der Waals surface area contributed by atoms with Gasteiger partial charge in [0.25, 0.3) is 11.8 Å². The molecule has 18 heteroatoms. The van der Waals surface area contributed by atoms with Gasteiger partial charge in [0.05, 0.1) is 0 Å². The molecular formula is C20H15FN8O5S4. The van der Waals surface area contributed by atoms with Crippen molar-refractivity contribution in [1.29, 1.82) is 0 Å². The second-order valence-corrected chi connectivity index (χ2v) is 11.5. The maximum Gasteiger partial charge on any atom is 0.352 e. The number of hydrogen-bond donors (Lipinski definition) is 3. The van der Waals surface area contributed by atoms with Crippen molar-refractivity contribution in [3.05, 3.63) is 52.7 Å². The van der Waals surface area contributed by atoms with Crippen LogP contribution in [0.5, 0.6) is 5.75 Å². The Morgan fingerprint density at radius 2 is 2.13 bits per heavy atom. The molecule has 1 unspecified atom stereocenters. The highest BCUT2D eigenvalue weighted by molar-refractivity contribution is 8.01. The lowest BCUT2D eigenvalue weighted by Crippen LogP contribution is -2.71. The summed E-state index contributed by atoms with van der Waals surface area (Å²) in [7, 11) is 0. The number of oxime groups is 1. The number of hydrogen-bond acceptors (Lipinski definition) is 14. The first-order valence-electron chi connectivity index (χ1n) is 10.5. The Kier molecular flexibility index (Phi) is 7.54. The molecule has 2 aromatic heterocycles. The standard InChI is InChI=1S/C20H15FN8O5S4/c21-9-1-3-10(4-2-9)34-27-11(14-25-19(22)38-28-14)15(30)24-12-16(31)29-13(18(32)33)8(5-35-17(12)29)6-36-20-26-23-7-37-20/h1-4,7,12,17H,5-6H2,(H,24,30)(H,32,33)(H2,22,25,28)/t12?,17-/m0/s1. The second-order valence-electron chi connectivity index (χ2n) is 7.55. The summed E-state index contributed by atoms with van der Waals surface area (Å²) in [5.74, 6) is -2.46. The molecule has 5 rings (SSSR count). The fraction of sp³-hybridized carbons (Fsp3) is 0.200. The molecule has 0 saturated carbocycles. The van der Waals surface area contributed by atoms with Gasteiger partial charge >= 0.3 is 5.97 Å². The number of nitrogens with zero attached hydrogens (tertiary/aromatic N) is 6. The number of carboxylic acid groups (broad SMARTS) is 1. The number of halogens is 1. The van der Waals surface area contributed by atoms with Crippen LogP contribution in [0.15, 0.2) is 50.5 Å². The number of aliphatic carboxylic acids is 1. The minimum atomic E-state index is -1.24. The number of carboxylic acids is 1. The van der Waals surface area contributed by atoms with Crippen LogP contribution in [0.4, 0.5) is 9.52 Å². The van der Waals surface area contributed by atoms with Crippen molar-refractivity contribution < 1.29 is 28.7 Å². The van der Waals surface area contributed by atoms with Crippen LogP contribution < -0.4 is 15.9 Å². The first kappa shape index (κ1) is 26.0. The lowest BCUT2D eigenvalue weighted by molar-refractivity contribution is -0.150. The molecule has 0 radical (unpaired) electrons. The fourth-order valence-corrected chi connectivity index (χ4v) is 6.90. The molecule has 1 aromatic carbocycles. The molecule has 196 valence electrons. The molecule has 38 heavy (non-hydrogen) atoms. The topological polar surface area (TPSA) is 186 Å². The number of thioether (sulfide) groups is 2. The zero-order chi connectivity index (χ0) is 26.8. The normalized spacial score (nSPS) is 19.1. The van der Waals surface area contributed by atoms with Gasteiger partial charge in [-0.25, -0.2) is 9.18 Å². The van der Waals surface area contributed by atoms with Crippen LogP contribution in [0, 0.1) is 5.82 Å². The smallest absolute Gasteiger partial charge is 0.352 e. The average Bonchev–Trinajstić information content (AvgIpc) is 3.58. The molecule has 3 aromatic rings. The van der Waals surface area contributed by atoms with Gasteiger partial charge in [0.1, 0.15) is 28.4 Å². The number of nitrogens with one attached hydrogen (secondary N) is 1. The van der Waals surface area contributed by atoms with E-state index < -0.39 is 35.0 Å². The molecule has 4 heterocycles. The first-order chi connectivity index (χ1) is 18.3. The lowest BCUT2D eigenvalue weighted by Gasteiger charge is -2.49. The number of carbonyl (C=O) groups is 3. The van der Waals surface area contributed by atoms with Gasteiger partial charge in [-0.1, -0.05) is 28.3 Å². The molecule has 1 saturated heterocycles. The summed E-state index contributed by atoms with van der Waals surface area (Å²) in [4.78, 5) is 48.6. The van der Waals surface area contributed by atoms with Gasteiger partial charge in [-0.3, -0.25) is 14.5 Å². The quantitative estimate of drug-likeness (QED) is 0.140. The minimum absolute atomic E-state index is 0.0752. The number of nitrogen functional groups attached to an aromatic ring is 1. The molecule has 13 nitrogen and oxygen atoms in total. The summed E-state index contributed by atoms with van der Waals surface area (Å²) in [5, 5.41) is 23.3. The van der Waals surface area contributed by atoms with Crippen molar-refractivity contribution in [1.82, 2.24) is 29.8 Å². The van der Waals surface area contributed by atoms with Crippen molar-refractivity contribution in [3.8, 4) is 5.75 Å². The van der Waals surface area contributed by atoms with Gasteiger partial charge in [0, 0.05) is 23.0 Å². The van der Waals surface area contributed by atoms with Gasteiger partial charge in [-0.05, 0) is 29.8 Å². The predicted molar refractivity (Wildman–Crippen MR) is 138 cm³/mol. The molecule has 2 amide bonds. The highest BCUT2D eigenvalue weighted by Crippen LogP contribution is 2.41. The highest BCUT2D eigenvalue weighted by Gasteiger charge is 2.54. The number of β-lactam (4-membered cyclic amide) rings is 1. The van der Waals surface area contributed by atoms with E-state index in [4.69, 9.17) is 10.6 Å². The predicted octanol–water partition coefficient (Wildman–Crippen LogP) is 1.42. The molecule has 4 N–H and O–H groups in total. The Morgan fingerprint density at radius 3 is 2.79 bits per heavy atom. The average molecular weight is 595 g/mol. The fourth-order valence-electron chi connectivity index (χ4n) is 3.49. The number of benzene rings is 1. The van der Waals surface area contributed by atoms with Crippen LogP contribution in [-0.2, 0) is 14.4 Å². The molecular weight excluding hydrogens is 580 g/mol. The Morgan fingerprint density at radius 1 is 1.34 bits per heavy atom. The molecule has 0 aliphatic carbocycles. The number of aromatic nitrogens is 4. The van der Waals surface area contributed by atoms with Gasteiger partial charge in [-0.2, -0.15) is 9.36 Å². The van der Waals surface area contributed by atoms with E-state index >= 15 is 0 Å². The summed E-state index contributed by atoms with van der Waals surface area (Å²) in [6.07, 6.45) is 0. The van der Waals surface area contributed by atoms with E-state index in [1.54, 1.807) is 5.51 Å². The second kappa shape index (κ2) is 11.0. The van der Waals surface area contributed by atoms with E-state index in [2.05, 4.69) is 30.0 Å². The molecule has 0 spiro atoms. The Hall–Kier alpha value is -3.61. The number of carbonyl (C=O) groups excluding carboxylic acids is 2. The minimum Gasteiger partial charge on any atom is -0.477 e. The van der Waals surface area contributed by atoms with E-state index in [0.29, 0.717) is 21.4 Å². The van der Waals surface area contributed by atoms with Crippen LogP contribution in [0.2, 0.25) is 0 Å². The zero-order valence-electron chi connectivity index (χ0n) is 18.8. The molecule has 2 atom stereocenters. The molecule has 2 aliphatic heterocycles. The van der Waals surface area contributed by atoms with Gasteiger partial charge in [-0.15, -0.1) is 22.0 Å².